The standard InChI is InChI=1S/C15H15Br2ClN2/c1-9-2-3-11(6-13(9)17)15(20-19)7-10-4-5-12(16)8-14(10)18/h2-6,8,15,20H,7,19H2,1H3. The maximum atomic E-state index is 6.27. The molecule has 20 heavy (non-hydrogen) atoms. The van der Waals surface area contributed by atoms with Gasteiger partial charge in [0.05, 0.1) is 6.04 Å². The molecule has 2 aromatic rings. The zero-order valence-corrected chi connectivity index (χ0v) is 14.9. The van der Waals surface area contributed by atoms with Crippen LogP contribution in [0.5, 0.6) is 0 Å². The highest BCUT2D eigenvalue weighted by atomic mass is 79.9. The van der Waals surface area contributed by atoms with E-state index in [1.807, 2.05) is 18.2 Å². The molecule has 1 atom stereocenters. The third-order valence-electron chi connectivity index (χ3n) is 3.24. The Morgan fingerprint density at radius 1 is 1.20 bits per heavy atom. The minimum absolute atomic E-state index is 0.0191. The third kappa shape index (κ3) is 3.83. The van der Waals surface area contributed by atoms with E-state index in [1.165, 1.54) is 5.56 Å². The summed E-state index contributed by atoms with van der Waals surface area (Å²) in [6.07, 6.45) is 0.734. The number of nitrogens with one attached hydrogen (secondary N) is 1. The smallest absolute Gasteiger partial charge is 0.0501 e. The molecule has 2 nitrogen and oxygen atoms in total. The minimum Gasteiger partial charge on any atom is -0.271 e. The fourth-order valence-electron chi connectivity index (χ4n) is 2.01. The Hall–Kier alpha value is -0.390. The Labute approximate surface area is 140 Å². The van der Waals surface area contributed by atoms with Crippen LogP contribution in [0.4, 0.5) is 0 Å². The van der Waals surface area contributed by atoms with Gasteiger partial charge in [0.1, 0.15) is 0 Å². The van der Waals surface area contributed by atoms with Gasteiger partial charge in [-0.25, -0.2) is 0 Å². The zero-order valence-electron chi connectivity index (χ0n) is 11.0. The summed E-state index contributed by atoms with van der Waals surface area (Å²) in [4.78, 5) is 0. The zero-order chi connectivity index (χ0) is 14.7. The Morgan fingerprint density at radius 3 is 2.55 bits per heavy atom. The van der Waals surface area contributed by atoms with Crippen LogP contribution in [0, 0.1) is 6.92 Å². The van der Waals surface area contributed by atoms with Gasteiger partial charge in [-0.2, -0.15) is 0 Å². The van der Waals surface area contributed by atoms with E-state index in [0.29, 0.717) is 0 Å². The topological polar surface area (TPSA) is 38.0 Å². The Kier molecular flexibility index (Phi) is 5.64. The van der Waals surface area contributed by atoms with E-state index in [2.05, 4.69) is 62.4 Å². The van der Waals surface area contributed by atoms with Crippen molar-refractivity contribution in [1.82, 2.24) is 5.43 Å². The molecule has 2 rings (SSSR count). The Morgan fingerprint density at radius 2 is 1.95 bits per heavy atom. The van der Waals surface area contributed by atoms with Crippen molar-refractivity contribution in [2.75, 3.05) is 0 Å². The molecule has 0 spiro atoms. The van der Waals surface area contributed by atoms with E-state index in [4.69, 9.17) is 17.4 Å². The highest BCUT2D eigenvalue weighted by molar-refractivity contribution is 9.10. The number of nitrogens with two attached hydrogens (primary N) is 1. The second-order valence-corrected chi connectivity index (χ2v) is 6.84. The van der Waals surface area contributed by atoms with Crippen LogP contribution in [0.15, 0.2) is 45.3 Å². The first-order valence-electron chi connectivity index (χ1n) is 6.17. The first-order chi connectivity index (χ1) is 9.51. The lowest BCUT2D eigenvalue weighted by Crippen LogP contribution is -2.29. The number of benzene rings is 2. The predicted molar refractivity (Wildman–Crippen MR) is 91.8 cm³/mol. The van der Waals surface area contributed by atoms with Gasteiger partial charge >= 0.3 is 0 Å². The van der Waals surface area contributed by atoms with Crippen LogP contribution in [0.2, 0.25) is 5.02 Å². The number of hydrogen-bond acceptors (Lipinski definition) is 2. The van der Waals surface area contributed by atoms with Crippen LogP contribution in [-0.4, -0.2) is 0 Å². The van der Waals surface area contributed by atoms with Crippen LogP contribution in [0.3, 0.4) is 0 Å². The van der Waals surface area contributed by atoms with Gasteiger partial charge < -0.3 is 0 Å². The Bertz CT molecular complexity index is 617. The molecule has 0 aliphatic rings. The molecule has 0 fully saturated rings. The number of hydrogen-bond donors (Lipinski definition) is 2. The average molecular weight is 419 g/mol. The molecule has 0 amide bonds. The van der Waals surface area contributed by atoms with Crippen molar-refractivity contribution in [3.05, 3.63) is 67.1 Å². The summed E-state index contributed by atoms with van der Waals surface area (Å²) >= 11 is 13.2. The van der Waals surface area contributed by atoms with Crippen molar-refractivity contribution in [2.45, 2.75) is 19.4 Å². The van der Waals surface area contributed by atoms with E-state index in [-0.39, 0.29) is 6.04 Å². The summed E-state index contributed by atoms with van der Waals surface area (Å²) in [5.41, 5.74) is 6.26. The van der Waals surface area contributed by atoms with Crippen LogP contribution < -0.4 is 11.3 Å². The minimum atomic E-state index is 0.0191. The average Bonchev–Trinajstić information content (AvgIpc) is 2.41. The fraction of sp³-hybridized carbons (Fsp3) is 0.200. The van der Waals surface area contributed by atoms with Gasteiger partial charge in [0.15, 0.2) is 0 Å². The summed E-state index contributed by atoms with van der Waals surface area (Å²) in [5.74, 6) is 5.70. The van der Waals surface area contributed by atoms with Gasteiger partial charge in [-0.3, -0.25) is 11.3 Å². The maximum absolute atomic E-state index is 6.27. The van der Waals surface area contributed by atoms with Crippen molar-refractivity contribution in [3.8, 4) is 0 Å². The van der Waals surface area contributed by atoms with Gasteiger partial charge in [-0.1, -0.05) is 61.7 Å². The lowest BCUT2D eigenvalue weighted by molar-refractivity contribution is 0.551. The summed E-state index contributed by atoms with van der Waals surface area (Å²) in [7, 11) is 0. The van der Waals surface area contributed by atoms with E-state index in [0.717, 1.165) is 31.5 Å². The molecule has 0 heterocycles. The summed E-state index contributed by atoms with van der Waals surface area (Å²) in [6, 6.07) is 12.2. The molecule has 0 bridgehead atoms. The molecule has 0 saturated heterocycles. The fourth-order valence-corrected chi connectivity index (χ4v) is 3.15. The molecule has 1 unspecified atom stereocenters. The molecule has 0 aliphatic carbocycles. The first-order valence-corrected chi connectivity index (χ1v) is 8.13. The normalized spacial score (nSPS) is 12.4. The number of hydrazine groups is 1. The molecular weight excluding hydrogens is 403 g/mol. The van der Waals surface area contributed by atoms with Crippen molar-refractivity contribution in [1.29, 1.82) is 0 Å². The van der Waals surface area contributed by atoms with E-state index in [9.17, 15) is 0 Å². The number of rotatable bonds is 4. The van der Waals surface area contributed by atoms with Crippen LogP contribution >= 0.6 is 43.5 Å². The van der Waals surface area contributed by atoms with Gasteiger partial charge in [0.2, 0.25) is 0 Å². The quantitative estimate of drug-likeness (QED) is 0.546. The second-order valence-electron chi connectivity index (χ2n) is 4.67. The number of aryl methyl sites for hydroxylation is 1. The highest BCUT2D eigenvalue weighted by Gasteiger charge is 2.13. The molecule has 0 saturated carbocycles. The maximum Gasteiger partial charge on any atom is 0.0501 e. The second kappa shape index (κ2) is 7.05. The molecule has 3 N–H and O–H groups in total. The van der Waals surface area contributed by atoms with E-state index < -0.39 is 0 Å². The van der Waals surface area contributed by atoms with Crippen molar-refractivity contribution >= 4 is 43.5 Å². The van der Waals surface area contributed by atoms with E-state index >= 15 is 0 Å². The molecule has 2 aromatic carbocycles. The van der Waals surface area contributed by atoms with Gasteiger partial charge in [-0.05, 0) is 48.2 Å². The van der Waals surface area contributed by atoms with E-state index in [1.54, 1.807) is 0 Å². The van der Waals surface area contributed by atoms with Crippen LogP contribution in [-0.2, 0) is 6.42 Å². The van der Waals surface area contributed by atoms with Gasteiger partial charge in [0, 0.05) is 14.0 Å². The molecular formula is C15H15Br2ClN2. The molecule has 5 heteroatoms. The molecule has 0 aliphatic heterocycles. The highest BCUT2D eigenvalue weighted by Crippen LogP contribution is 2.28. The van der Waals surface area contributed by atoms with Crippen LogP contribution in [0.1, 0.15) is 22.7 Å². The van der Waals surface area contributed by atoms with Crippen LogP contribution in [0.25, 0.3) is 0 Å². The van der Waals surface area contributed by atoms with Gasteiger partial charge in [-0.15, -0.1) is 0 Å². The SMILES string of the molecule is Cc1ccc(C(Cc2ccc(Br)cc2Cl)NN)cc1Br. The predicted octanol–water partition coefficient (Wildman–Crippen LogP) is 4.92. The third-order valence-corrected chi connectivity index (χ3v) is 4.94. The van der Waals surface area contributed by atoms with Gasteiger partial charge in [0.25, 0.3) is 0 Å². The first kappa shape index (κ1) is 16.0. The summed E-state index contributed by atoms with van der Waals surface area (Å²) in [5, 5.41) is 0.741. The Balaban J connectivity index is 2.26. The largest absolute Gasteiger partial charge is 0.271 e. The monoisotopic (exact) mass is 416 g/mol. The number of halogens is 3. The summed E-state index contributed by atoms with van der Waals surface area (Å²) in [6.45, 7) is 2.06. The van der Waals surface area contributed by atoms with Crippen molar-refractivity contribution < 1.29 is 0 Å². The van der Waals surface area contributed by atoms with Crippen molar-refractivity contribution in [3.63, 3.8) is 0 Å². The lowest BCUT2D eigenvalue weighted by atomic mass is 9.98. The lowest BCUT2D eigenvalue weighted by Gasteiger charge is -2.18. The molecule has 0 aromatic heterocycles. The summed E-state index contributed by atoms with van der Waals surface area (Å²) < 4.78 is 2.05. The molecule has 0 radical (unpaired) electrons. The molecule has 106 valence electrons. The van der Waals surface area contributed by atoms with Crippen molar-refractivity contribution in [2.24, 2.45) is 5.84 Å².